The van der Waals surface area contributed by atoms with Gasteiger partial charge in [-0.15, -0.1) is 0 Å². The summed E-state index contributed by atoms with van der Waals surface area (Å²) in [6.45, 7) is 2.00. The van der Waals surface area contributed by atoms with Crippen molar-refractivity contribution >= 4 is 17.0 Å². The van der Waals surface area contributed by atoms with Gasteiger partial charge in [-0.1, -0.05) is 6.92 Å². The minimum absolute atomic E-state index is 0.118. The van der Waals surface area contributed by atoms with Crippen LogP contribution in [-0.4, -0.2) is 43.9 Å². The van der Waals surface area contributed by atoms with E-state index in [9.17, 15) is 5.11 Å². The molecule has 102 valence electrons. The van der Waals surface area contributed by atoms with Gasteiger partial charge in [-0.25, -0.2) is 15.0 Å². The van der Waals surface area contributed by atoms with Gasteiger partial charge in [-0.2, -0.15) is 0 Å². The van der Waals surface area contributed by atoms with Crippen LogP contribution in [0.2, 0.25) is 0 Å². The Kier molecular flexibility index (Phi) is 3.08. The van der Waals surface area contributed by atoms with Crippen LogP contribution < -0.4 is 5.32 Å². The fraction of sp³-hybridized carbons (Fsp3) is 0.583. The fourth-order valence-corrected chi connectivity index (χ4v) is 2.50. The van der Waals surface area contributed by atoms with E-state index in [1.807, 2.05) is 11.5 Å². The Labute approximate surface area is 110 Å². The molecule has 0 bridgehead atoms. The van der Waals surface area contributed by atoms with Crippen LogP contribution in [0, 0.1) is 0 Å². The first-order chi connectivity index (χ1) is 9.24. The number of aliphatic hydroxyl groups excluding tert-OH is 1. The van der Waals surface area contributed by atoms with E-state index >= 15 is 0 Å². The Morgan fingerprint density at radius 3 is 3.00 bits per heavy atom. The van der Waals surface area contributed by atoms with E-state index < -0.39 is 6.10 Å². The Bertz CT molecular complexity index is 585. The first-order valence-electron chi connectivity index (χ1n) is 6.43. The first kappa shape index (κ1) is 12.3. The molecule has 0 saturated carbocycles. The highest BCUT2D eigenvalue weighted by molar-refractivity contribution is 5.82. The number of fused-ring (bicyclic) bond motifs is 1. The van der Waals surface area contributed by atoms with Gasteiger partial charge in [0.2, 0.25) is 0 Å². The lowest BCUT2D eigenvalue weighted by molar-refractivity contribution is -0.0183. The van der Waals surface area contributed by atoms with Gasteiger partial charge in [0.25, 0.3) is 0 Å². The minimum Gasteiger partial charge on any atom is -0.390 e. The predicted octanol–water partition coefficient (Wildman–Crippen LogP) is 0.926. The molecule has 2 aromatic heterocycles. The van der Waals surface area contributed by atoms with Crippen molar-refractivity contribution in [2.75, 3.05) is 12.4 Å². The number of hydrogen-bond donors (Lipinski definition) is 2. The smallest absolute Gasteiger partial charge is 0.167 e. The molecule has 2 aromatic rings. The summed E-state index contributed by atoms with van der Waals surface area (Å²) in [7, 11) is 1.80. The quantitative estimate of drug-likeness (QED) is 0.856. The van der Waals surface area contributed by atoms with Gasteiger partial charge in [-0.05, 0) is 6.42 Å². The van der Waals surface area contributed by atoms with E-state index in [4.69, 9.17) is 4.74 Å². The van der Waals surface area contributed by atoms with Crippen LogP contribution in [0.5, 0.6) is 0 Å². The summed E-state index contributed by atoms with van der Waals surface area (Å²) in [5.41, 5.74) is 1.43. The maximum Gasteiger partial charge on any atom is 0.167 e. The summed E-state index contributed by atoms with van der Waals surface area (Å²) in [6, 6.07) is 0. The average Bonchev–Trinajstić information content (AvgIpc) is 3.01. The van der Waals surface area contributed by atoms with E-state index in [1.165, 1.54) is 6.33 Å². The molecule has 19 heavy (non-hydrogen) atoms. The van der Waals surface area contributed by atoms with E-state index in [1.54, 1.807) is 13.4 Å². The predicted molar refractivity (Wildman–Crippen MR) is 69.7 cm³/mol. The summed E-state index contributed by atoms with van der Waals surface area (Å²) < 4.78 is 7.70. The molecule has 3 rings (SSSR count). The molecular weight excluding hydrogens is 246 g/mol. The molecule has 3 heterocycles. The molecule has 1 aliphatic rings. The molecule has 1 aliphatic heterocycles. The lowest BCUT2D eigenvalue weighted by atomic mass is 10.1. The highest BCUT2D eigenvalue weighted by atomic mass is 16.5. The number of aliphatic hydroxyl groups is 1. The van der Waals surface area contributed by atoms with Gasteiger partial charge in [0.05, 0.1) is 18.5 Å². The van der Waals surface area contributed by atoms with Crippen molar-refractivity contribution < 1.29 is 9.84 Å². The maximum absolute atomic E-state index is 9.93. The standard InChI is InChI=1S/C12H17N5O2/c1-3-8-7(18)4-9(19-8)17-6-16-10-11(13-2)14-5-15-12(10)17/h5-9,18H,3-4H2,1-2H3,(H,13,14,15)/t7?,8-,9-/m1/s1. The molecule has 1 unspecified atom stereocenters. The SMILES string of the molecule is CC[C@H]1O[C@@H](n2cnc3c(NC)ncnc32)CC1O. The van der Waals surface area contributed by atoms with Crippen molar-refractivity contribution in [3.63, 3.8) is 0 Å². The Morgan fingerprint density at radius 1 is 1.47 bits per heavy atom. The van der Waals surface area contributed by atoms with Crippen LogP contribution in [0.3, 0.4) is 0 Å². The number of aromatic nitrogens is 4. The lowest BCUT2D eigenvalue weighted by Crippen LogP contribution is -2.19. The van der Waals surface area contributed by atoms with Crippen LogP contribution in [0.25, 0.3) is 11.2 Å². The van der Waals surface area contributed by atoms with Crippen molar-refractivity contribution in [2.45, 2.75) is 38.2 Å². The molecule has 3 atom stereocenters. The van der Waals surface area contributed by atoms with Crippen molar-refractivity contribution in [1.82, 2.24) is 19.5 Å². The normalized spacial score (nSPS) is 27.0. The summed E-state index contributed by atoms with van der Waals surface area (Å²) >= 11 is 0. The van der Waals surface area contributed by atoms with Gasteiger partial charge >= 0.3 is 0 Å². The monoisotopic (exact) mass is 263 g/mol. The zero-order valence-electron chi connectivity index (χ0n) is 10.9. The number of anilines is 1. The molecule has 7 heteroatoms. The van der Waals surface area contributed by atoms with Gasteiger partial charge < -0.3 is 15.2 Å². The second kappa shape index (κ2) is 4.75. The molecule has 0 amide bonds. The lowest BCUT2D eigenvalue weighted by Gasteiger charge is -2.13. The summed E-state index contributed by atoms with van der Waals surface area (Å²) in [4.78, 5) is 12.7. The zero-order chi connectivity index (χ0) is 13.4. The fourth-order valence-electron chi connectivity index (χ4n) is 2.50. The van der Waals surface area contributed by atoms with Gasteiger partial charge in [-0.3, -0.25) is 4.57 Å². The maximum atomic E-state index is 9.93. The van der Waals surface area contributed by atoms with Gasteiger partial charge in [0.1, 0.15) is 18.1 Å². The third-order valence-corrected chi connectivity index (χ3v) is 3.51. The van der Waals surface area contributed by atoms with E-state index in [2.05, 4.69) is 20.3 Å². The molecule has 0 aliphatic carbocycles. The van der Waals surface area contributed by atoms with Crippen molar-refractivity contribution in [3.8, 4) is 0 Å². The second-order valence-corrected chi connectivity index (χ2v) is 4.64. The number of nitrogens with zero attached hydrogens (tertiary/aromatic N) is 4. The van der Waals surface area contributed by atoms with E-state index in [0.29, 0.717) is 23.4 Å². The third-order valence-electron chi connectivity index (χ3n) is 3.51. The van der Waals surface area contributed by atoms with Crippen molar-refractivity contribution in [1.29, 1.82) is 0 Å². The highest BCUT2D eigenvalue weighted by Crippen LogP contribution is 2.32. The van der Waals surface area contributed by atoms with E-state index in [-0.39, 0.29) is 12.3 Å². The Balaban J connectivity index is 1.98. The van der Waals surface area contributed by atoms with Gasteiger partial charge in [0, 0.05) is 13.5 Å². The topological polar surface area (TPSA) is 85.1 Å². The summed E-state index contributed by atoms with van der Waals surface area (Å²) in [6.07, 6.45) is 3.77. The van der Waals surface area contributed by atoms with Crippen LogP contribution in [0.4, 0.5) is 5.82 Å². The first-order valence-corrected chi connectivity index (χ1v) is 6.43. The molecule has 0 aromatic carbocycles. The molecule has 1 fully saturated rings. The number of hydrogen-bond acceptors (Lipinski definition) is 6. The molecule has 2 N–H and O–H groups in total. The molecular formula is C12H17N5O2. The van der Waals surface area contributed by atoms with Crippen LogP contribution >= 0.6 is 0 Å². The highest BCUT2D eigenvalue weighted by Gasteiger charge is 2.34. The minimum atomic E-state index is -0.432. The zero-order valence-corrected chi connectivity index (χ0v) is 10.9. The molecule has 7 nitrogen and oxygen atoms in total. The molecule has 0 radical (unpaired) electrons. The number of imidazole rings is 1. The van der Waals surface area contributed by atoms with Crippen LogP contribution in [0.15, 0.2) is 12.7 Å². The largest absolute Gasteiger partial charge is 0.390 e. The van der Waals surface area contributed by atoms with Crippen LogP contribution in [0.1, 0.15) is 26.0 Å². The Hall–Kier alpha value is -1.73. The summed E-state index contributed by atoms with van der Waals surface area (Å²) in [5, 5.41) is 12.9. The van der Waals surface area contributed by atoms with Gasteiger partial charge in [0.15, 0.2) is 11.5 Å². The van der Waals surface area contributed by atoms with Crippen molar-refractivity contribution in [3.05, 3.63) is 12.7 Å². The van der Waals surface area contributed by atoms with Crippen LogP contribution in [-0.2, 0) is 4.74 Å². The average molecular weight is 263 g/mol. The number of nitrogens with one attached hydrogen (secondary N) is 1. The third kappa shape index (κ3) is 1.95. The Morgan fingerprint density at radius 2 is 2.32 bits per heavy atom. The second-order valence-electron chi connectivity index (χ2n) is 4.64. The molecule has 1 saturated heterocycles. The summed E-state index contributed by atoms with van der Waals surface area (Å²) in [5.74, 6) is 0.689. The van der Waals surface area contributed by atoms with E-state index in [0.717, 1.165) is 6.42 Å². The number of ether oxygens (including phenoxy) is 1. The number of rotatable bonds is 3. The molecule has 0 spiro atoms. The van der Waals surface area contributed by atoms with Crippen molar-refractivity contribution in [2.24, 2.45) is 0 Å².